The third-order valence-electron chi connectivity index (χ3n) is 8.05. The standard InChI is InChI=1S/C31H31FN4O4/c1-20(2)35-18-22(28-25(4-3-5-27(28)35)26-11-8-23(32)16-33-26)17-34-14-12-31(13-15-34)19-36(30(39)40-31)24-9-6-21(7-10-24)29(37)38/h3-11,16,18,20H,12-15,17,19H2,1-2H3,(H,37,38). The van der Waals surface area contributed by atoms with Crippen LogP contribution in [-0.2, 0) is 11.3 Å². The van der Waals surface area contributed by atoms with Gasteiger partial charge in [0, 0.05) is 66.9 Å². The second-order valence-electron chi connectivity index (χ2n) is 11.0. The summed E-state index contributed by atoms with van der Waals surface area (Å²) in [6.45, 7) is 7.03. The summed E-state index contributed by atoms with van der Waals surface area (Å²) < 4.78 is 21.8. The van der Waals surface area contributed by atoms with Gasteiger partial charge in [-0.1, -0.05) is 12.1 Å². The van der Waals surface area contributed by atoms with Gasteiger partial charge in [-0.05, 0) is 61.9 Å². The summed E-state index contributed by atoms with van der Waals surface area (Å²) in [6.07, 6.45) is 4.48. The Bertz CT molecular complexity index is 1570. The van der Waals surface area contributed by atoms with Gasteiger partial charge in [0.25, 0.3) is 0 Å². The fraction of sp³-hybridized carbons (Fsp3) is 0.323. The number of hydrogen-bond acceptors (Lipinski definition) is 5. The number of amides is 1. The number of benzene rings is 2. The highest BCUT2D eigenvalue weighted by molar-refractivity contribution is 5.97. The van der Waals surface area contributed by atoms with E-state index in [-0.39, 0.29) is 17.4 Å². The highest BCUT2D eigenvalue weighted by Crippen LogP contribution is 2.38. The van der Waals surface area contributed by atoms with Crippen LogP contribution in [0.5, 0.6) is 0 Å². The fourth-order valence-electron chi connectivity index (χ4n) is 5.92. The normalized spacial score (nSPS) is 17.2. The van der Waals surface area contributed by atoms with Gasteiger partial charge in [0.15, 0.2) is 0 Å². The molecule has 4 aromatic rings. The molecule has 4 heterocycles. The first-order valence-corrected chi connectivity index (χ1v) is 13.5. The zero-order chi connectivity index (χ0) is 28.0. The molecule has 8 nitrogen and oxygen atoms in total. The van der Waals surface area contributed by atoms with Crippen LogP contribution in [0.3, 0.4) is 0 Å². The lowest BCUT2D eigenvalue weighted by Gasteiger charge is -2.37. The van der Waals surface area contributed by atoms with Crippen molar-refractivity contribution in [2.75, 3.05) is 24.5 Å². The molecule has 1 spiro atoms. The van der Waals surface area contributed by atoms with E-state index >= 15 is 0 Å². The number of aromatic nitrogens is 2. The van der Waals surface area contributed by atoms with Crippen LogP contribution in [0.1, 0.15) is 48.7 Å². The van der Waals surface area contributed by atoms with Crippen molar-refractivity contribution >= 4 is 28.7 Å². The van der Waals surface area contributed by atoms with Crippen LogP contribution in [0.2, 0.25) is 0 Å². The third kappa shape index (κ3) is 4.70. The summed E-state index contributed by atoms with van der Waals surface area (Å²) in [6, 6.07) is 15.9. The Hall–Kier alpha value is -4.24. The molecule has 2 saturated heterocycles. The summed E-state index contributed by atoms with van der Waals surface area (Å²) in [4.78, 5) is 32.3. The molecule has 0 radical (unpaired) electrons. The Morgan fingerprint density at radius 3 is 2.50 bits per heavy atom. The van der Waals surface area contributed by atoms with Gasteiger partial charge in [-0.15, -0.1) is 0 Å². The number of piperidine rings is 1. The van der Waals surface area contributed by atoms with Crippen molar-refractivity contribution in [2.45, 2.75) is 44.9 Å². The second kappa shape index (κ2) is 10.1. The first-order chi connectivity index (χ1) is 19.2. The summed E-state index contributed by atoms with van der Waals surface area (Å²) in [5.74, 6) is -1.36. The molecule has 2 aromatic heterocycles. The van der Waals surface area contributed by atoms with Gasteiger partial charge >= 0.3 is 12.1 Å². The molecule has 1 amide bonds. The zero-order valence-corrected chi connectivity index (χ0v) is 22.5. The van der Waals surface area contributed by atoms with Gasteiger partial charge in [0.1, 0.15) is 11.4 Å². The molecule has 9 heteroatoms. The number of nitrogens with zero attached hydrogens (tertiary/aromatic N) is 4. The summed E-state index contributed by atoms with van der Waals surface area (Å²) in [5.41, 5.74) is 4.28. The summed E-state index contributed by atoms with van der Waals surface area (Å²) in [7, 11) is 0. The van der Waals surface area contributed by atoms with Crippen LogP contribution >= 0.6 is 0 Å². The molecule has 2 aromatic carbocycles. The average Bonchev–Trinajstić information content (AvgIpc) is 3.48. The van der Waals surface area contributed by atoms with E-state index in [1.54, 1.807) is 23.1 Å². The molecule has 2 aliphatic heterocycles. The lowest BCUT2D eigenvalue weighted by Crippen LogP contribution is -2.46. The van der Waals surface area contributed by atoms with Gasteiger partial charge in [0.2, 0.25) is 0 Å². The van der Waals surface area contributed by atoms with Crippen molar-refractivity contribution in [1.82, 2.24) is 14.5 Å². The van der Waals surface area contributed by atoms with Crippen molar-refractivity contribution < 1.29 is 23.8 Å². The SMILES string of the molecule is CC(C)n1cc(CN2CCC3(CC2)CN(c2ccc(C(=O)O)cc2)C(=O)O3)c2c(-c3ccc(F)cn3)cccc21. The molecule has 2 fully saturated rings. The number of pyridine rings is 1. The second-order valence-corrected chi connectivity index (χ2v) is 11.0. The Morgan fingerprint density at radius 2 is 1.85 bits per heavy atom. The highest BCUT2D eigenvalue weighted by Gasteiger charge is 2.47. The average molecular weight is 543 g/mol. The molecular weight excluding hydrogens is 511 g/mol. The minimum Gasteiger partial charge on any atom is -0.478 e. The van der Waals surface area contributed by atoms with Crippen molar-refractivity contribution in [3.05, 3.63) is 83.9 Å². The van der Waals surface area contributed by atoms with Crippen LogP contribution in [-0.4, -0.2) is 56.9 Å². The Kier molecular flexibility index (Phi) is 6.54. The Balaban J connectivity index is 1.21. The molecule has 6 rings (SSSR count). The summed E-state index contributed by atoms with van der Waals surface area (Å²) >= 11 is 0. The minimum absolute atomic E-state index is 0.177. The predicted octanol–water partition coefficient (Wildman–Crippen LogP) is 6.11. The monoisotopic (exact) mass is 542 g/mol. The van der Waals surface area contributed by atoms with Crippen molar-refractivity contribution in [2.24, 2.45) is 0 Å². The fourth-order valence-corrected chi connectivity index (χ4v) is 5.92. The number of aromatic carboxylic acids is 1. The van der Waals surface area contributed by atoms with E-state index in [0.717, 1.165) is 41.8 Å². The molecule has 0 unspecified atom stereocenters. The van der Waals surface area contributed by atoms with E-state index < -0.39 is 17.7 Å². The van der Waals surface area contributed by atoms with Gasteiger partial charge in [0.05, 0.1) is 24.0 Å². The molecule has 206 valence electrons. The molecule has 40 heavy (non-hydrogen) atoms. The number of carbonyl (C=O) groups is 2. The number of rotatable bonds is 6. The topological polar surface area (TPSA) is 87.9 Å². The highest BCUT2D eigenvalue weighted by atomic mass is 19.1. The number of hydrogen-bond donors (Lipinski definition) is 1. The maximum Gasteiger partial charge on any atom is 0.415 e. The number of halogens is 1. The van der Waals surface area contributed by atoms with Crippen LogP contribution in [0, 0.1) is 5.82 Å². The van der Waals surface area contributed by atoms with Gasteiger partial charge in [-0.3, -0.25) is 14.8 Å². The van der Waals surface area contributed by atoms with Crippen LogP contribution in [0.4, 0.5) is 14.9 Å². The number of carboxylic acids is 1. The first-order valence-electron chi connectivity index (χ1n) is 13.5. The molecule has 1 N–H and O–H groups in total. The van der Waals surface area contributed by atoms with E-state index in [9.17, 15) is 14.0 Å². The summed E-state index contributed by atoms with van der Waals surface area (Å²) in [5, 5.41) is 10.3. The first kappa shape index (κ1) is 26.0. The number of anilines is 1. The van der Waals surface area contributed by atoms with E-state index in [2.05, 4.69) is 40.6 Å². The van der Waals surface area contributed by atoms with Crippen molar-refractivity contribution in [3.8, 4) is 11.3 Å². The van der Waals surface area contributed by atoms with E-state index in [1.165, 1.54) is 30.0 Å². The zero-order valence-electron chi connectivity index (χ0n) is 22.5. The Labute approximate surface area is 231 Å². The molecule has 0 atom stereocenters. The lowest BCUT2D eigenvalue weighted by atomic mass is 9.91. The van der Waals surface area contributed by atoms with Crippen LogP contribution in [0.15, 0.2) is 67.0 Å². The third-order valence-corrected chi connectivity index (χ3v) is 8.05. The van der Waals surface area contributed by atoms with E-state index in [1.807, 2.05) is 12.1 Å². The van der Waals surface area contributed by atoms with E-state index in [4.69, 9.17) is 9.84 Å². The smallest absolute Gasteiger partial charge is 0.415 e. The van der Waals surface area contributed by atoms with Gasteiger partial charge < -0.3 is 14.4 Å². The number of fused-ring (bicyclic) bond motifs is 1. The van der Waals surface area contributed by atoms with Crippen molar-refractivity contribution in [1.29, 1.82) is 0 Å². The Morgan fingerprint density at radius 1 is 1.10 bits per heavy atom. The number of ether oxygens (including phenoxy) is 1. The largest absolute Gasteiger partial charge is 0.478 e. The van der Waals surface area contributed by atoms with Crippen LogP contribution < -0.4 is 4.90 Å². The quantitative estimate of drug-likeness (QED) is 0.316. The molecule has 0 aliphatic carbocycles. The van der Waals surface area contributed by atoms with Gasteiger partial charge in [-0.25, -0.2) is 14.0 Å². The molecule has 2 aliphatic rings. The van der Waals surface area contributed by atoms with Crippen LogP contribution in [0.25, 0.3) is 22.2 Å². The molecule has 0 saturated carbocycles. The van der Waals surface area contributed by atoms with Crippen molar-refractivity contribution in [3.63, 3.8) is 0 Å². The number of carbonyl (C=O) groups excluding carboxylic acids is 1. The number of carboxylic acid groups (broad SMARTS) is 1. The van der Waals surface area contributed by atoms with E-state index in [0.29, 0.717) is 25.1 Å². The number of likely N-dealkylation sites (tertiary alicyclic amines) is 1. The maximum atomic E-state index is 13.6. The van der Waals surface area contributed by atoms with Gasteiger partial charge in [-0.2, -0.15) is 0 Å². The minimum atomic E-state index is -1.00. The predicted molar refractivity (Wildman–Crippen MR) is 150 cm³/mol. The lowest BCUT2D eigenvalue weighted by molar-refractivity contribution is -0.000898. The molecular formula is C31H31FN4O4. The molecule has 0 bridgehead atoms. The maximum absolute atomic E-state index is 13.6.